The number of aliphatic carboxylic acids is 1. The molecule has 2 N–H and O–H groups in total. The Labute approximate surface area is 218 Å². The number of nitrogens with one attached hydrogen (secondary N) is 1. The molecule has 3 atom stereocenters. The number of benzene rings is 1. The minimum atomic E-state index is -1.10. The molecule has 1 aromatic carbocycles. The van der Waals surface area contributed by atoms with Gasteiger partial charge < -0.3 is 14.7 Å². The van der Waals surface area contributed by atoms with Gasteiger partial charge in [-0.2, -0.15) is 5.10 Å². The number of hydrogen-bond donors (Lipinski definition) is 2. The number of alkyl halides is 1. The second-order valence-corrected chi connectivity index (χ2v) is 10.3. The summed E-state index contributed by atoms with van der Waals surface area (Å²) in [7, 11) is 1.61. The highest BCUT2D eigenvalue weighted by Crippen LogP contribution is 2.36. The number of carboxylic acids is 1. The van der Waals surface area contributed by atoms with Crippen LogP contribution in [-0.2, 0) is 11.2 Å². The summed E-state index contributed by atoms with van der Waals surface area (Å²) in [6.45, 7) is 4.96. The Balaban J connectivity index is 1.32. The van der Waals surface area contributed by atoms with Gasteiger partial charge in [0.1, 0.15) is 11.9 Å². The number of H-pyrrole nitrogens is 1. The molecule has 37 heavy (non-hydrogen) atoms. The fraction of sp³-hybridized carbons (Fsp3) is 0.552. The van der Waals surface area contributed by atoms with E-state index in [0.29, 0.717) is 30.1 Å². The number of aromatic nitrogens is 3. The van der Waals surface area contributed by atoms with Gasteiger partial charge in [0.2, 0.25) is 0 Å². The molecule has 3 aromatic rings. The van der Waals surface area contributed by atoms with Crippen molar-refractivity contribution in [3.63, 3.8) is 0 Å². The summed E-state index contributed by atoms with van der Waals surface area (Å²) in [5, 5.41) is 17.2. The summed E-state index contributed by atoms with van der Waals surface area (Å²) >= 11 is 0. The molecule has 0 unspecified atom stereocenters. The van der Waals surface area contributed by atoms with Gasteiger partial charge in [0, 0.05) is 30.2 Å². The lowest BCUT2D eigenvalue weighted by Crippen LogP contribution is -2.41. The number of aryl methyl sites for hydroxylation is 2. The average Bonchev–Trinajstić information content (AvgIpc) is 3.32. The number of methoxy groups -OCH3 is 1. The maximum atomic E-state index is 15.5. The highest BCUT2D eigenvalue weighted by molar-refractivity contribution is 5.83. The second kappa shape index (κ2) is 13.0. The van der Waals surface area contributed by atoms with Crippen LogP contribution in [0.4, 0.5) is 4.39 Å². The summed E-state index contributed by atoms with van der Waals surface area (Å²) in [5.74, 6) is 0.550. The first kappa shape index (κ1) is 27.0. The Kier molecular flexibility index (Phi) is 9.50. The van der Waals surface area contributed by atoms with Gasteiger partial charge in [-0.05, 0) is 112 Å². The number of carbonyl (C=O) groups is 1. The van der Waals surface area contributed by atoms with Gasteiger partial charge in [-0.25, -0.2) is 4.39 Å². The molecule has 2 aromatic heterocycles. The third-order valence-electron chi connectivity index (χ3n) is 7.92. The van der Waals surface area contributed by atoms with Crippen molar-refractivity contribution >= 4 is 16.9 Å². The van der Waals surface area contributed by atoms with Crippen molar-refractivity contribution in [3.05, 3.63) is 53.5 Å². The number of piperidine rings is 1. The van der Waals surface area contributed by atoms with Crippen LogP contribution in [0, 0.1) is 18.8 Å². The number of likely N-dealkylation sites (tertiary alicyclic amines) is 1. The Morgan fingerprint density at radius 2 is 2.14 bits per heavy atom. The molecule has 0 bridgehead atoms. The fourth-order valence-corrected chi connectivity index (χ4v) is 5.72. The van der Waals surface area contributed by atoms with Crippen molar-refractivity contribution < 1.29 is 19.0 Å². The smallest absolute Gasteiger partial charge is 0.303 e. The van der Waals surface area contributed by atoms with Gasteiger partial charge in [-0.3, -0.25) is 14.9 Å². The Morgan fingerprint density at radius 3 is 2.89 bits per heavy atom. The Hall–Kier alpha value is -3.00. The number of aromatic amines is 1. The third-order valence-corrected chi connectivity index (χ3v) is 7.92. The second-order valence-electron chi connectivity index (χ2n) is 10.3. The average molecular weight is 511 g/mol. The van der Waals surface area contributed by atoms with Crippen LogP contribution in [-0.4, -0.2) is 57.9 Å². The number of nitrogens with zero attached hydrogens (tertiary/aromatic N) is 3. The van der Waals surface area contributed by atoms with Crippen LogP contribution in [0.3, 0.4) is 0 Å². The molecular weight excluding hydrogens is 471 g/mol. The largest absolute Gasteiger partial charge is 0.497 e. The lowest BCUT2D eigenvalue weighted by atomic mass is 9.79. The number of fused-ring (bicyclic) bond motifs is 1. The summed E-state index contributed by atoms with van der Waals surface area (Å²) in [6, 6.07) is 7.32. The molecule has 4 rings (SSSR count). The highest BCUT2D eigenvalue weighted by atomic mass is 19.1. The van der Waals surface area contributed by atoms with Crippen molar-refractivity contribution in [1.29, 1.82) is 0 Å². The zero-order valence-electron chi connectivity index (χ0n) is 22.0. The van der Waals surface area contributed by atoms with Crippen LogP contribution in [0.5, 0.6) is 5.75 Å². The highest BCUT2D eigenvalue weighted by Gasteiger charge is 2.30. The monoisotopic (exact) mass is 510 g/mol. The molecule has 0 spiro atoms. The molecule has 1 aliphatic rings. The molecule has 0 saturated carbocycles. The fourth-order valence-electron chi connectivity index (χ4n) is 5.72. The number of halogens is 1. The lowest BCUT2D eigenvalue weighted by molar-refractivity contribution is -0.137. The van der Waals surface area contributed by atoms with Crippen molar-refractivity contribution in [2.75, 3.05) is 26.7 Å². The van der Waals surface area contributed by atoms with Crippen molar-refractivity contribution in [3.8, 4) is 5.75 Å². The van der Waals surface area contributed by atoms with E-state index in [1.807, 2.05) is 24.4 Å². The van der Waals surface area contributed by atoms with E-state index in [9.17, 15) is 9.90 Å². The first-order valence-electron chi connectivity index (χ1n) is 13.4. The minimum Gasteiger partial charge on any atom is -0.497 e. The maximum Gasteiger partial charge on any atom is 0.303 e. The van der Waals surface area contributed by atoms with E-state index in [1.54, 1.807) is 19.4 Å². The van der Waals surface area contributed by atoms with E-state index < -0.39 is 12.1 Å². The molecule has 200 valence electrons. The van der Waals surface area contributed by atoms with Gasteiger partial charge in [-0.1, -0.05) is 0 Å². The normalized spacial score (nSPS) is 19.2. The minimum absolute atomic E-state index is 0.169. The summed E-state index contributed by atoms with van der Waals surface area (Å²) in [6.07, 6.45) is 8.70. The quantitative estimate of drug-likeness (QED) is 0.279. The predicted molar refractivity (Wildman–Crippen MR) is 143 cm³/mol. The number of pyridine rings is 1. The summed E-state index contributed by atoms with van der Waals surface area (Å²) in [4.78, 5) is 18.2. The topological polar surface area (TPSA) is 91.3 Å². The van der Waals surface area contributed by atoms with E-state index in [1.165, 1.54) is 5.56 Å². The zero-order chi connectivity index (χ0) is 26.2. The Bertz CT molecular complexity index is 1170. The standard InChI is InChI=1S/C29H39FN4O3/c1-20-22(18-32-33-20)5-3-4-15-34-16-13-21(23(19-34)7-11-29(35)36)6-9-27(30)25-12-14-31-28-10-8-24(37-2)17-26(25)28/h8,10,12,14,17-18,21,23,27H,3-7,9,11,13,15-16,19H2,1-2H3,(H,32,33)(H,35,36)/t21-,23-,27-/m1/s1. The van der Waals surface area contributed by atoms with Crippen LogP contribution in [0.25, 0.3) is 10.9 Å². The number of rotatable bonds is 13. The van der Waals surface area contributed by atoms with Crippen molar-refractivity contribution in [2.45, 2.75) is 64.5 Å². The van der Waals surface area contributed by atoms with Gasteiger partial charge >= 0.3 is 5.97 Å². The van der Waals surface area contributed by atoms with Crippen LogP contribution >= 0.6 is 0 Å². The zero-order valence-corrected chi connectivity index (χ0v) is 22.0. The first-order valence-corrected chi connectivity index (χ1v) is 13.4. The maximum absolute atomic E-state index is 15.5. The van der Waals surface area contributed by atoms with Gasteiger partial charge in [0.15, 0.2) is 0 Å². The molecule has 0 radical (unpaired) electrons. The van der Waals surface area contributed by atoms with E-state index in [-0.39, 0.29) is 12.3 Å². The van der Waals surface area contributed by atoms with Crippen LogP contribution in [0.1, 0.15) is 67.9 Å². The van der Waals surface area contributed by atoms with Crippen LogP contribution in [0.15, 0.2) is 36.7 Å². The third kappa shape index (κ3) is 7.28. The van der Waals surface area contributed by atoms with Gasteiger partial charge in [0.25, 0.3) is 0 Å². The molecule has 1 saturated heterocycles. The summed E-state index contributed by atoms with van der Waals surface area (Å²) < 4.78 is 20.9. The molecule has 8 heteroatoms. The van der Waals surface area contributed by atoms with Crippen LogP contribution < -0.4 is 4.74 Å². The van der Waals surface area contributed by atoms with E-state index in [2.05, 4.69) is 27.0 Å². The SMILES string of the molecule is COc1ccc2nccc([C@H](F)CC[C@@H]3CCN(CCCCc4cn[nH]c4C)C[C@H]3CCC(=O)O)c2c1. The number of unbranched alkanes of at least 4 members (excludes halogenated alkanes) is 1. The Morgan fingerprint density at radius 1 is 1.27 bits per heavy atom. The summed E-state index contributed by atoms with van der Waals surface area (Å²) in [5.41, 5.74) is 3.83. The molecule has 0 amide bonds. The molecule has 1 fully saturated rings. The predicted octanol–water partition coefficient (Wildman–Crippen LogP) is 5.89. The molecule has 1 aliphatic heterocycles. The molecule has 7 nitrogen and oxygen atoms in total. The number of carboxylic acid groups (broad SMARTS) is 1. The molecule has 3 heterocycles. The van der Waals surface area contributed by atoms with E-state index >= 15 is 4.39 Å². The van der Waals surface area contributed by atoms with Crippen LogP contribution in [0.2, 0.25) is 0 Å². The van der Waals surface area contributed by atoms with Gasteiger partial charge in [0.05, 0.1) is 18.8 Å². The molecule has 0 aliphatic carbocycles. The lowest BCUT2D eigenvalue weighted by Gasteiger charge is -2.39. The van der Waals surface area contributed by atoms with Crippen molar-refractivity contribution in [2.24, 2.45) is 11.8 Å². The first-order chi connectivity index (χ1) is 17.9. The van der Waals surface area contributed by atoms with E-state index in [4.69, 9.17) is 4.74 Å². The number of hydrogen-bond acceptors (Lipinski definition) is 5. The van der Waals surface area contributed by atoms with E-state index in [0.717, 1.165) is 68.3 Å². The molecular formula is C29H39FN4O3. The number of ether oxygens (including phenoxy) is 1. The van der Waals surface area contributed by atoms with Gasteiger partial charge in [-0.15, -0.1) is 0 Å². The van der Waals surface area contributed by atoms with Crippen molar-refractivity contribution in [1.82, 2.24) is 20.1 Å².